The summed E-state index contributed by atoms with van der Waals surface area (Å²) < 4.78 is 1.84. The molecule has 0 aromatic carbocycles. The third-order valence-corrected chi connectivity index (χ3v) is 3.02. The van der Waals surface area contributed by atoms with Crippen LogP contribution in [0.3, 0.4) is 0 Å². The molecule has 0 bridgehead atoms. The van der Waals surface area contributed by atoms with Gasteiger partial charge in [0.25, 0.3) is 0 Å². The molecule has 16 heavy (non-hydrogen) atoms. The highest BCUT2D eigenvalue weighted by Crippen LogP contribution is 2.20. The van der Waals surface area contributed by atoms with E-state index >= 15 is 0 Å². The molecule has 0 amide bonds. The van der Waals surface area contributed by atoms with Gasteiger partial charge in [-0.3, -0.25) is 4.68 Å². The van der Waals surface area contributed by atoms with Crippen molar-refractivity contribution in [1.82, 2.24) is 14.8 Å². The molecule has 0 saturated carbocycles. The van der Waals surface area contributed by atoms with E-state index in [1.54, 1.807) is 0 Å². The first-order chi connectivity index (χ1) is 7.53. The van der Waals surface area contributed by atoms with Crippen LogP contribution < -0.4 is 5.73 Å². The molecule has 0 aliphatic carbocycles. The first-order valence-corrected chi connectivity index (χ1v) is 5.82. The zero-order valence-corrected chi connectivity index (χ0v) is 10.3. The van der Waals surface area contributed by atoms with Gasteiger partial charge in [0.1, 0.15) is 12.2 Å². The van der Waals surface area contributed by atoms with Crippen LogP contribution in [0.15, 0.2) is 6.33 Å². The molecule has 1 aromatic rings. The Kier molecular flexibility index (Phi) is 4.44. The second-order valence-electron chi connectivity index (χ2n) is 4.54. The van der Waals surface area contributed by atoms with E-state index in [-0.39, 0.29) is 12.5 Å². The fraction of sp³-hybridized carbons (Fsp3) is 0.818. The van der Waals surface area contributed by atoms with Crippen molar-refractivity contribution in [2.24, 2.45) is 11.7 Å². The van der Waals surface area contributed by atoms with Gasteiger partial charge in [-0.25, -0.2) is 4.98 Å². The minimum Gasteiger partial charge on any atom is -0.388 e. The van der Waals surface area contributed by atoms with Crippen LogP contribution in [0.4, 0.5) is 0 Å². The zero-order valence-electron chi connectivity index (χ0n) is 10.3. The molecule has 1 heterocycles. The highest BCUT2D eigenvalue weighted by Gasteiger charge is 2.31. The van der Waals surface area contributed by atoms with E-state index < -0.39 is 5.60 Å². The second kappa shape index (κ2) is 5.41. The van der Waals surface area contributed by atoms with Gasteiger partial charge in [-0.1, -0.05) is 20.8 Å². The van der Waals surface area contributed by atoms with Gasteiger partial charge in [-0.2, -0.15) is 5.10 Å². The first kappa shape index (κ1) is 13.1. The van der Waals surface area contributed by atoms with Gasteiger partial charge in [0.05, 0.1) is 5.60 Å². The van der Waals surface area contributed by atoms with Crippen molar-refractivity contribution in [3.63, 3.8) is 0 Å². The lowest BCUT2D eigenvalue weighted by atomic mass is 9.87. The molecular weight excluding hydrogens is 204 g/mol. The fourth-order valence-electron chi connectivity index (χ4n) is 1.61. The van der Waals surface area contributed by atoms with Crippen LogP contribution in [0.25, 0.3) is 0 Å². The standard InChI is InChI=1S/C11H22N4O/c1-4-5-15-10(13-8-14-15)6-11(16,7-12)9(2)3/h8-9,16H,4-7,12H2,1-3H3. The molecule has 0 radical (unpaired) electrons. The smallest absolute Gasteiger partial charge is 0.138 e. The van der Waals surface area contributed by atoms with Gasteiger partial charge in [-0.05, 0) is 12.3 Å². The number of nitrogens with two attached hydrogens (primary N) is 1. The van der Waals surface area contributed by atoms with Crippen molar-refractivity contribution < 1.29 is 5.11 Å². The summed E-state index contributed by atoms with van der Waals surface area (Å²) >= 11 is 0. The van der Waals surface area contributed by atoms with Crippen molar-refractivity contribution in [2.45, 2.75) is 45.8 Å². The molecule has 0 spiro atoms. The van der Waals surface area contributed by atoms with E-state index in [1.165, 1.54) is 6.33 Å². The Hall–Kier alpha value is -0.940. The number of hydrogen-bond acceptors (Lipinski definition) is 4. The van der Waals surface area contributed by atoms with Crippen molar-refractivity contribution in [2.75, 3.05) is 6.54 Å². The molecule has 5 heteroatoms. The Morgan fingerprint density at radius 2 is 2.25 bits per heavy atom. The Labute approximate surface area is 96.7 Å². The highest BCUT2D eigenvalue weighted by molar-refractivity contribution is 4.97. The minimum absolute atomic E-state index is 0.101. The Balaban J connectivity index is 2.81. The SMILES string of the molecule is CCCn1ncnc1CC(O)(CN)C(C)C. The topological polar surface area (TPSA) is 77.0 Å². The van der Waals surface area contributed by atoms with Crippen LogP contribution in [0.2, 0.25) is 0 Å². The first-order valence-electron chi connectivity index (χ1n) is 5.82. The lowest BCUT2D eigenvalue weighted by Gasteiger charge is -2.30. The van der Waals surface area contributed by atoms with Crippen LogP contribution in [0.1, 0.15) is 33.0 Å². The van der Waals surface area contributed by atoms with E-state index in [0.717, 1.165) is 18.8 Å². The third-order valence-electron chi connectivity index (χ3n) is 3.02. The third kappa shape index (κ3) is 2.80. The molecule has 0 aliphatic heterocycles. The summed E-state index contributed by atoms with van der Waals surface area (Å²) in [5, 5.41) is 14.5. The van der Waals surface area contributed by atoms with Gasteiger partial charge in [0, 0.05) is 19.5 Å². The lowest BCUT2D eigenvalue weighted by Crippen LogP contribution is -2.45. The Bertz CT molecular complexity index is 324. The molecule has 1 unspecified atom stereocenters. The predicted octanol–water partition coefficient (Wildman–Crippen LogP) is 0.576. The Morgan fingerprint density at radius 3 is 2.75 bits per heavy atom. The van der Waals surface area contributed by atoms with E-state index in [0.29, 0.717) is 6.42 Å². The van der Waals surface area contributed by atoms with E-state index in [1.807, 2.05) is 18.5 Å². The highest BCUT2D eigenvalue weighted by atomic mass is 16.3. The van der Waals surface area contributed by atoms with E-state index in [9.17, 15) is 5.11 Å². The molecule has 3 N–H and O–H groups in total. The summed E-state index contributed by atoms with van der Waals surface area (Å²) in [6.45, 7) is 7.08. The maximum absolute atomic E-state index is 10.4. The lowest BCUT2D eigenvalue weighted by molar-refractivity contribution is 0.00140. The van der Waals surface area contributed by atoms with Gasteiger partial charge in [-0.15, -0.1) is 0 Å². The average molecular weight is 226 g/mol. The van der Waals surface area contributed by atoms with Crippen LogP contribution >= 0.6 is 0 Å². The number of aliphatic hydroxyl groups is 1. The molecule has 5 nitrogen and oxygen atoms in total. The van der Waals surface area contributed by atoms with Crippen molar-refractivity contribution in [1.29, 1.82) is 0 Å². The van der Waals surface area contributed by atoms with Crippen molar-refractivity contribution >= 4 is 0 Å². The largest absolute Gasteiger partial charge is 0.388 e. The fourth-order valence-corrected chi connectivity index (χ4v) is 1.61. The van der Waals surface area contributed by atoms with Gasteiger partial charge in [0.15, 0.2) is 0 Å². The molecule has 1 rings (SSSR count). The Morgan fingerprint density at radius 1 is 1.56 bits per heavy atom. The zero-order chi connectivity index (χ0) is 12.2. The molecular formula is C11H22N4O. The summed E-state index contributed by atoms with van der Waals surface area (Å²) in [6, 6.07) is 0. The number of aryl methyl sites for hydroxylation is 1. The summed E-state index contributed by atoms with van der Waals surface area (Å²) in [4.78, 5) is 4.19. The van der Waals surface area contributed by atoms with Crippen molar-refractivity contribution in [3.05, 3.63) is 12.2 Å². The minimum atomic E-state index is -0.890. The van der Waals surface area contributed by atoms with Gasteiger partial charge < -0.3 is 10.8 Å². The van der Waals surface area contributed by atoms with Gasteiger partial charge in [0.2, 0.25) is 0 Å². The van der Waals surface area contributed by atoms with Gasteiger partial charge >= 0.3 is 0 Å². The normalized spacial score (nSPS) is 15.4. The van der Waals surface area contributed by atoms with Crippen LogP contribution in [-0.4, -0.2) is 32.0 Å². The number of nitrogens with zero attached hydrogens (tertiary/aromatic N) is 3. The monoisotopic (exact) mass is 226 g/mol. The van der Waals surface area contributed by atoms with E-state index in [2.05, 4.69) is 17.0 Å². The maximum Gasteiger partial charge on any atom is 0.138 e. The summed E-state index contributed by atoms with van der Waals surface area (Å²) in [5.41, 5.74) is 4.75. The van der Waals surface area contributed by atoms with Crippen LogP contribution in [0.5, 0.6) is 0 Å². The molecule has 0 fully saturated rings. The number of rotatable bonds is 6. The molecule has 1 atom stereocenters. The van der Waals surface area contributed by atoms with E-state index in [4.69, 9.17) is 5.73 Å². The number of aromatic nitrogens is 3. The molecule has 0 saturated heterocycles. The number of hydrogen-bond donors (Lipinski definition) is 2. The quantitative estimate of drug-likeness (QED) is 0.743. The second-order valence-corrected chi connectivity index (χ2v) is 4.54. The molecule has 1 aromatic heterocycles. The summed E-state index contributed by atoms with van der Waals surface area (Å²) in [6.07, 6.45) is 2.99. The maximum atomic E-state index is 10.4. The molecule has 0 aliphatic rings. The summed E-state index contributed by atoms with van der Waals surface area (Å²) in [5.74, 6) is 0.910. The van der Waals surface area contributed by atoms with Crippen LogP contribution in [-0.2, 0) is 13.0 Å². The molecule has 92 valence electrons. The van der Waals surface area contributed by atoms with Crippen LogP contribution in [0, 0.1) is 5.92 Å². The summed E-state index contributed by atoms with van der Waals surface area (Å²) in [7, 11) is 0. The predicted molar refractivity (Wildman–Crippen MR) is 62.9 cm³/mol. The average Bonchev–Trinajstić information content (AvgIpc) is 2.66. The van der Waals surface area contributed by atoms with Crippen molar-refractivity contribution in [3.8, 4) is 0 Å².